The van der Waals surface area contributed by atoms with Gasteiger partial charge in [0.1, 0.15) is 11.4 Å². The van der Waals surface area contributed by atoms with E-state index in [2.05, 4.69) is 25.6 Å². The molecule has 0 bridgehead atoms. The lowest BCUT2D eigenvalue weighted by Gasteiger charge is -2.32. The van der Waals surface area contributed by atoms with E-state index in [-0.39, 0.29) is 23.7 Å². The quantitative estimate of drug-likeness (QED) is 0.470. The van der Waals surface area contributed by atoms with E-state index in [1.54, 1.807) is 54.5 Å². The number of carbonyl (C=O) groups excluding carboxylic acids is 2. The molecule has 3 N–H and O–H groups in total. The Morgan fingerprint density at radius 2 is 1.58 bits per heavy atom. The molecule has 1 fully saturated rings. The van der Waals surface area contributed by atoms with Crippen LogP contribution in [0.25, 0.3) is 0 Å². The largest absolute Gasteiger partial charge is 0.477 e. The van der Waals surface area contributed by atoms with Crippen molar-refractivity contribution in [3.8, 4) is 0 Å². The van der Waals surface area contributed by atoms with Gasteiger partial charge >= 0.3 is 12.1 Å². The zero-order valence-electron chi connectivity index (χ0n) is 19.8. The van der Waals surface area contributed by atoms with Gasteiger partial charge in [-0.2, -0.15) is 0 Å². The van der Waals surface area contributed by atoms with Gasteiger partial charge in [-0.1, -0.05) is 12.1 Å². The molecule has 11 nitrogen and oxygen atoms in total. The highest BCUT2D eigenvalue weighted by Gasteiger charge is 2.24. The Morgan fingerprint density at radius 1 is 0.944 bits per heavy atom. The number of rotatable bonds is 6. The molecule has 36 heavy (non-hydrogen) atoms. The third-order valence-electron chi connectivity index (χ3n) is 5.20. The summed E-state index contributed by atoms with van der Waals surface area (Å²) in [7, 11) is 0. The van der Waals surface area contributed by atoms with Gasteiger partial charge in [-0.25, -0.2) is 19.6 Å². The second-order valence-corrected chi connectivity index (χ2v) is 7.69. The zero-order chi connectivity index (χ0) is 25.8. The normalized spacial score (nSPS) is 13.1. The number of anilines is 2. The summed E-state index contributed by atoms with van der Waals surface area (Å²) in [5.74, 6) is -0.842. The Kier molecular flexibility index (Phi) is 9.69. The first kappa shape index (κ1) is 26.1. The lowest BCUT2D eigenvalue weighted by atomic mass is 10.1. The average Bonchev–Trinajstić information content (AvgIpc) is 2.91. The van der Waals surface area contributed by atoms with Crippen molar-refractivity contribution in [2.24, 2.45) is 0 Å². The number of nitrogens with zero attached hydrogens (tertiary/aromatic N) is 4. The molecule has 4 rings (SSSR count). The second-order valence-electron chi connectivity index (χ2n) is 7.69. The first-order valence-electron chi connectivity index (χ1n) is 11.5. The molecule has 0 saturated carbocycles. The maximum absolute atomic E-state index is 12.3. The summed E-state index contributed by atoms with van der Waals surface area (Å²) in [6.45, 7) is 3.44. The van der Waals surface area contributed by atoms with Crippen LogP contribution in [-0.2, 0) is 4.74 Å². The smallest absolute Gasteiger partial charge is 0.409 e. The minimum Gasteiger partial charge on any atom is -0.477 e. The first-order valence-corrected chi connectivity index (χ1v) is 11.5. The molecular weight excluding hydrogens is 464 g/mol. The van der Waals surface area contributed by atoms with Gasteiger partial charge in [0.25, 0.3) is 5.91 Å². The highest BCUT2D eigenvalue weighted by atomic mass is 16.6. The molecule has 3 aromatic heterocycles. The lowest BCUT2D eigenvalue weighted by molar-refractivity contribution is 0.0690. The molecular formula is C25H28N6O5. The van der Waals surface area contributed by atoms with E-state index >= 15 is 0 Å². The standard InChI is InChI=1S/C19H23N5O3.C6H5NO2/c1-2-27-19(26)24-12-8-14(9-13-24)22-15-7-5-11-21-17(15)23-18(25)16-6-3-4-10-20-16;8-6(9)5-3-1-2-4-7-5/h3-7,10-11,14,22H,2,8-9,12-13H2,1H3,(H,21,23,25);1-4H,(H,8,9). The number of carboxylic acids is 1. The number of likely N-dealkylation sites (tertiary alicyclic amines) is 1. The topological polar surface area (TPSA) is 147 Å². The fourth-order valence-corrected chi connectivity index (χ4v) is 3.42. The molecule has 0 spiro atoms. The van der Waals surface area contributed by atoms with Crippen molar-refractivity contribution >= 4 is 29.5 Å². The number of pyridine rings is 3. The van der Waals surface area contributed by atoms with Crippen molar-refractivity contribution in [3.05, 3.63) is 78.5 Å². The van der Waals surface area contributed by atoms with E-state index in [4.69, 9.17) is 9.84 Å². The molecule has 2 amide bonds. The maximum Gasteiger partial charge on any atom is 0.409 e. The van der Waals surface area contributed by atoms with Crippen LogP contribution in [0.2, 0.25) is 0 Å². The van der Waals surface area contributed by atoms with Gasteiger partial charge in [0, 0.05) is 37.7 Å². The van der Waals surface area contributed by atoms with E-state index in [0.717, 1.165) is 18.5 Å². The number of carboxylic acid groups (broad SMARTS) is 1. The number of carbonyl (C=O) groups is 3. The minimum atomic E-state index is -0.990. The summed E-state index contributed by atoms with van der Waals surface area (Å²) in [6.07, 6.45) is 5.97. The monoisotopic (exact) mass is 492 g/mol. The Labute approximate surface area is 208 Å². The average molecular weight is 493 g/mol. The number of hydrogen-bond acceptors (Lipinski definition) is 8. The predicted octanol–water partition coefficient (Wildman–Crippen LogP) is 3.54. The summed E-state index contributed by atoms with van der Waals surface area (Å²) in [5.41, 5.74) is 1.16. The van der Waals surface area contributed by atoms with E-state index in [1.165, 1.54) is 12.3 Å². The van der Waals surface area contributed by atoms with Crippen LogP contribution in [0.15, 0.2) is 67.1 Å². The summed E-state index contributed by atoms with van der Waals surface area (Å²) in [6, 6.07) is 13.8. The van der Waals surface area contributed by atoms with Crippen LogP contribution in [0.4, 0.5) is 16.3 Å². The van der Waals surface area contributed by atoms with Crippen LogP contribution in [0.5, 0.6) is 0 Å². The molecule has 3 aromatic rings. The molecule has 4 heterocycles. The molecule has 0 radical (unpaired) electrons. The predicted molar refractivity (Wildman–Crippen MR) is 133 cm³/mol. The summed E-state index contributed by atoms with van der Waals surface area (Å²) in [4.78, 5) is 47.9. The number of hydrogen-bond donors (Lipinski definition) is 3. The Hall–Kier alpha value is -4.54. The molecule has 0 aliphatic carbocycles. The second kappa shape index (κ2) is 13.4. The summed E-state index contributed by atoms with van der Waals surface area (Å²) >= 11 is 0. The van der Waals surface area contributed by atoms with Crippen molar-refractivity contribution in [3.63, 3.8) is 0 Å². The molecule has 0 aromatic carbocycles. The Morgan fingerprint density at radius 3 is 2.14 bits per heavy atom. The first-order chi connectivity index (χ1) is 17.5. The minimum absolute atomic E-state index is 0.0810. The fraction of sp³-hybridized carbons (Fsp3) is 0.280. The van der Waals surface area contributed by atoms with Gasteiger partial charge in [-0.05, 0) is 56.2 Å². The van der Waals surface area contributed by atoms with Crippen LogP contribution in [0.1, 0.15) is 40.7 Å². The van der Waals surface area contributed by atoms with Crippen molar-refractivity contribution in [2.75, 3.05) is 30.3 Å². The summed E-state index contributed by atoms with van der Waals surface area (Å²) in [5, 5.41) is 14.5. The van der Waals surface area contributed by atoms with Crippen molar-refractivity contribution in [1.82, 2.24) is 19.9 Å². The van der Waals surface area contributed by atoms with Crippen LogP contribution in [0, 0.1) is 0 Å². The van der Waals surface area contributed by atoms with Crippen molar-refractivity contribution < 1.29 is 24.2 Å². The molecule has 188 valence electrons. The molecule has 11 heteroatoms. The number of amides is 2. The van der Waals surface area contributed by atoms with Gasteiger partial charge in [0.05, 0.1) is 12.3 Å². The third kappa shape index (κ3) is 7.76. The van der Waals surface area contributed by atoms with Crippen molar-refractivity contribution in [2.45, 2.75) is 25.8 Å². The van der Waals surface area contributed by atoms with E-state index in [1.807, 2.05) is 12.1 Å². The molecule has 1 saturated heterocycles. The molecule has 1 aliphatic rings. The molecule has 1 aliphatic heterocycles. The number of piperidine rings is 1. The molecule has 0 unspecified atom stereocenters. The highest BCUT2D eigenvalue weighted by Crippen LogP contribution is 2.23. The van der Waals surface area contributed by atoms with Gasteiger partial charge in [0.2, 0.25) is 0 Å². The zero-order valence-corrected chi connectivity index (χ0v) is 19.8. The molecule has 0 atom stereocenters. The number of aromatic carboxylic acids is 1. The van der Waals surface area contributed by atoms with Gasteiger partial charge in [-0.3, -0.25) is 9.78 Å². The van der Waals surface area contributed by atoms with Crippen LogP contribution < -0.4 is 10.6 Å². The lowest BCUT2D eigenvalue weighted by Crippen LogP contribution is -2.42. The van der Waals surface area contributed by atoms with Crippen molar-refractivity contribution in [1.29, 1.82) is 0 Å². The number of nitrogens with one attached hydrogen (secondary N) is 2. The Bertz CT molecular complexity index is 1140. The van der Waals surface area contributed by atoms with Crippen LogP contribution in [0.3, 0.4) is 0 Å². The van der Waals surface area contributed by atoms with E-state index in [9.17, 15) is 14.4 Å². The van der Waals surface area contributed by atoms with E-state index in [0.29, 0.717) is 31.2 Å². The van der Waals surface area contributed by atoms with Gasteiger partial charge < -0.3 is 25.4 Å². The van der Waals surface area contributed by atoms with Gasteiger partial charge in [-0.15, -0.1) is 0 Å². The van der Waals surface area contributed by atoms with Gasteiger partial charge in [0.15, 0.2) is 5.82 Å². The van der Waals surface area contributed by atoms with E-state index < -0.39 is 5.97 Å². The van der Waals surface area contributed by atoms with Crippen LogP contribution >= 0.6 is 0 Å². The Balaban J connectivity index is 0.000000338. The number of ether oxygens (including phenoxy) is 1. The van der Waals surface area contributed by atoms with Crippen LogP contribution in [-0.4, -0.2) is 68.7 Å². The third-order valence-corrected chi connectivity index (χ3v) is 5.20. The highest BCUT2D eigenvalue weighted by molar-refractivity contribution is 6.03. The fourth-order valence-electron chi connectivity index (χ4n) is 3.42. The SMILES string of the molecule is CCOC(=O)N1CCC(Nc2cccnc2NC(=O)c2ccccn2)CC1.O=C(O)c1ccccn1. The maximum atomic E-state index is 12.3. The number of aromatic nitrogens is 3. The summed E-state index contributed by atoms with van der Waals surface area (Å²) < 4.78 is 5.04.